The van der Waals surface area contributed by atoms with Gasteiger partial charge in [0, 0.05) is 5.41 Å². The average molecular weight is 216 g/mol. The van der Waals surface area contributed by atoms with Crippen molar-refractivity contribution >= 4 is 0 Å². The van der Waals surface area contributed by atoms with E-state index in [1.807, 2.05) is 20.8 Å². The molecule has 0 spiro atoms. The fourth-order valence-corrected chi connectivity index (χ4v) is 1.29. The van der Waals surface area contributed by atoms with E-state index < -0.39 is 6.29 Å². The zero-order chi connectivity index (χ0) is 11.1. The molecule has 2 rings (SSSR count). The van der Waals surface area contributed by atoms with Gasteiger partial charge in [-0.15, -0.1) is 0 Å². The van der Waals surface area contributed by atoms with E-state index in [-0.39, 0.29) is 17.7 Å². The third kappa shape index (κ3) is 2.18. The second kappa shape index (κ2) is 3.57. The molecule has 0 aromatic carbocycles. The molecule has 0 bridgehead atoms. The number of hydrogen-bond donors (Lipinski definition) is 1. The first-order chi connectivity index (χ1) is 6.97. The summed E-state index contributed by atoms with van der Waals surface area (Å²) in [5.74, 6) is 0.244. The van der Waals surface area contributed by atoms with Crippen LogP contribution in [0.2, 0.25) is 0 Å². The van der Waals surface area contributed by atoms with Crippen molar-refractivity contribution < 1.29 is 24.1 Å². The zero-order valence-electron chi connectivity index (χ0n) is 9.15. The summed E-state index contributed by atoms with van der Waals surface area (Å²) < 4.78 is 20.8. The van der Waals surface area contributed by atoms with Crippen LogP contribution in [0, 0.1) is 5.41 Å². The van der Waals surface area contributed by atoms with E-state index in [0.29, 0.717) is 19.0 Å². The molecule has 5 heteroatoms. The van der Waals surface area contributed by atoms with E-state index in [2.05, 4.69) is 0 Å². The topological polar surface area (TPSA) is 57.2 Å². The van der Waals surface area contributed by atoms with Gasteiger partial charge in [0.15, 0.2) is 18.8 Å². The molecule has 0 amide bonds. The van der Waals surface area contributed by atoms with Gasteiger partial charge in [0.05, 0.1) is 6.42 Å². The number of ether oxygens (including phenoxy) is 4. The summed E-state index contributed by atoms with van der Waals surface area (Å²) in [5.41, 5.74) is -0.183. The Morgan fingerprint density at radius 3 is 2.33 bits per heavy atom. The first-order valence-corrected chi connectivity index (χ1v) is 4.95. The predicted octanol–water partition coefficient (Wildman–Crippen LogP) is 1.85. The van der Waals surface area contributed by atoms with Gasteiger partial charge in [-0.3, -0.25) is 0 Å². The van der Waals surface area contributed by atoms with Crippen LogP contribution in [0.4, 0.5) is 0 Å². The maximum absolute atomic E-state index is 9.51. The SMILES string of the molecule is CC(C)(C)[C@H]1OC(O)=C(CC2OCO2)O1. The highest BCUT2D eigenvalue weighted by Gasteiger charge is 2.38. The van der Waals surface area contributed by atoms with Crippen LogP contribution in [-0.2, 0) is 18.9 Å². The van der Waals surface area contributed by atoms with Crippen LogP contribution in [-0.4, -0.2) is 24.5 Å². The molecule has 1 N–H and O–H groups in total. The minimum Gasteiger partial charge on any atom is -0.478 e. The lowest BCUT2D eigenvalue weighted by Gasteiger charge is -2.28. The van der Waals surface area contributed by atoms with Crippen LogP contribution in [0.15, 0.2) is 11.7 Å². The van der Waals surface area contributed by atoms with E-state index in [1.165, 1.54) is 0 Å². The Bertz CT molecular complexity index is 274. The molecule has 15 heavy (non-hydrogen) atoms. The van der Waals surface area contributed by atoms with Gasteiger partial charge in [-0.1, -0.05) is 20.8 Å². The summed E-state index contributed by atoms with van der Waals surface area (Å²) in [6.45, 7) is 6.24. The van der Waals surface area contributed by atoms with Crippen molar-refractivity contribution in [3.05, 3.63) is 11.7 Å². The lowest BCUT2D eigenvalue weighted by Crippen LogP contribution is -2.32. The first kappa shape index (κ1) is 10.6. The smallest absolute Gasteiger partial charge is 0.319 e. The van der Waals surface area contributed by atoms with Crippen LogP contribution in [0.5, 0.6) is 0 Å². The van der Waals surface area contributed by atoms with Crippen molar-refractivity contribution in [3.63, 3.8) is 0 Å². The molecule has 2 aliphatic heterocycles. The van der Waals surface area contributed by atoms with Crippen molar-refractivity contribution in [2.24, 2.45) is 5.41 Å². The Morgan fingerprint density at radius 2 is 1.93 bits per heavy atom. The van der Waals surface area contributed by atoms with Gasteiger partial charge in [0.25, 0.3) is 0 Å². The highest BCUT2D eigenvalue weighted by Crippen LogP contribution is 2.35. The fourth-order valence-electron chi connectivity index (χ4n) is 1.29. The van der Waals surface area contributed by atoms with Crippen molar-refractivity contribution in [1.29, 1.82) is 0 Å². The van der Waals surface area contributed by atoms with Crippen LogP contribution in [0.25, 0.3) is 0 Å². The minimum atomic E-state index is -0.451. The lowest BCUT2D eigenvalue weighted by atomic mass is 9.96. The number of aliphatic hydroxyl groups excluding tert-OH is 1. The number of aliphatic hydroxyl groups is 1. The monoisotopic (exact) mass is 216 g/mol. The quantitative estimate of drug-likeness (QED) is 0.763. The van der Waals surface area contributed by atoms with Crippen LogP contribution < -0.4 is 0 Å². The Hall–Kier alpha value is -0.940. The average Bonchev–Trinajstić information content (AvgIpc) is 2.39. The molecule has 1 saturated heterocycles. The van der Waals surface area contributed by atoms with Gasteiger partial charge in [-0.2, -0.15) is 0 Å². The molecule has 0 radical (unpaired) electrons. The molecular weight excluding hydrogens is 200 g/mol. The first-order valence-electron chi connectivity index (χ1n) is 4.95. The van der Waals surface area contributed by atoms with Gasteiger partial charge in [-0.25, -0.2) is 0 Å². The zero-order valence-corrected chi connectivity index (χ0v) is 9.15. The van der Waals surface area contributed by atoms with Gasteiger partial charge < -0.3 is 24.1 Å². The van der Waals surface area contributed by atoms with E-state index in [0.717, 1.165) is 0 Å². The molecule has 1 fully saturated rings. The van der Waals surface area contributed by atoms with E-state index >= 15 is 0 Å². The van der Waals surface area contributed by atoms with Crippen molar-refractivity contribution in [1.82, 2.24) is 0 Å². The third-order valence-electron chi connectivity index (χ3n) is 2.27. The predicted molar refractivity (Wildman–Crippen MR) is 50.5 cm³/mol. The van der Waals surface area contributed by atoms with Crippen molar-refractivity contribution in [3.8, 4) is 0 Å². The van der Waals surface area contributed by atoms with E-state index in [4.69, 9.17) is 18.9 Å². The van der Waals surface area contributed by atoms with Crippen LogP contribution in [0.3, 0.4) is 0 Å². The molecule has 2 aliphatic rings. The molecule has 0 aliphatic carbocycles. The Morgan fingerprint density at radius 1 is 1.27 bits per heavy atom. The molecule has 5 nitrogen and oxygen atoms in total. The number of rotatable bonds is 2. The molecular formula is C10H16O5. The summed E-state index contributed by atoms with van der Waals surface area (Å²) in [4.78, 5) is 0. The normalized spacial score (nSPS) is 27.3. The van der Waals surface area contributed by atoms with E-state index in [1.54, 1.807) is 0 Å². The van der Waals surface area contributed by atoms with Gasteiger partial charge >= 0.3 is 5.95 Å². The Balaban J connectivity index is 1.92. The van der Waals surface area contributed by atoms with Gasteiger partial charge in [0.2, 0.25) is 6.29 Å². The summed E-state index contributed by atoms with van der Waals surface area (Å²) in [5, 5.41) is 9.51. The summed E-state index contributed by atoms with van der Waals surface area (Å²) in [6.07, 6.45) is -0.379. The van der Waals surface area contributed by atoms with Gasteiger partial charge in [0.1, 0.15) is 0 Å². The molecule has 2 heterocycles. The molecule has 0 unspecified atom stereocenters. The second-order valence-corrected chi connectivity index (χ2v) is 4.75. The Kier molecular flexibility index (Phi) is 2.52. The molecule has 0 saturated carbocycles. The molecule has 0 aromatic heterocycles. The highest BCUT2D eigenvalue weighted by atomic mass is 16.8. The van der Waals surface area contributed by atoms with Crippen LogP contribution in [0.1, 0.15) is 27.2 Å². The second-order valence-electron chi connectivity index (χ2n) is 4.75. The van der Waals surface area contributed by atoms with Gasteiger partial charge in [-0.05, 0) is 0 Å². The molecule has 86 valence electrons. The van der Waals surface area contributed by atoms with Crippen molar-refractivity contribution in [2.75, 3.05) is 6.79 Å². The van der Waals surface area contributed by atoms with Crippen molar-refractivity contribution in [2.45, 2.75) is 39.8 Å². The largest absolute Gasteiger partial charge is 0.478 e. The maximum Gasteiger partial charge on any atom is 0.319 e. The molecule has 0 aromatic rings. The fraction of sp³-hybridized carbons (Fsp3) is 0.800. The number of hydrogen-bond acceptors (Lipinski definition) is 5. The highest BCUT2D eigenvalue weighted by molar-refractivity contribution is 5.01. The minimum absolute atomic E-state index is 0.158. The summed E-state index contributed by atoms with van der Waals surface area (Å²) >= 11 is 0. The lowest BCUT2D eigenvalue weighted by molar-refractivity contribution is -0.321. The standard InChI is InChI=1S/C10H16O5/c1-10(2,3)9-14-6(8(11)15-9)4-7-12-5-13-7/h7,9,11H,4-5H2,1-3H3/t9-/m1/s1. The van der Waals surface area contributed by atoms with E-state index in [9.17, 15) is 5.11 Å². The Labute approximate surface area is 88.6 Å². The molecule has 1 atom stereocenters. The summed E-state index contributed by atoms with van der Waals surface area (Å²) in [7, 11) is 0. The van der Waals surface area contributed by atoms with Crippen LogP contribution >= 0.6 is 0 Å². The maximum atomic E-state index is 9.51. The third-order valence-corrected chi connectivity index (χ3v) is 2.27. The summed E-state index contributed by atoms with van der Waals surface area (Å²) in [6, 6.07) is 0.